The number of hydrogen-bond donors (Lipinski definition) is 1. The van der Waals surface area contributed by atoms with Crippen LogP contribution in [0.3, 0.4) is 0 Å². The quantitative estimate of drug-likeness (QED) is 0.182. The van der Waals surface area contributed by atoms with Gasteiger partial charge in [-0.15, -0.1) is 0 Å². The van der Waals surface area contributed by atoms with Crippen molar-refractivity contribution in [2.75, 3.05) is 0 Å². The van der Waals surface area contributed by atoms with Crippen LogP contribution >= 0.6 is 17.1 Å². The minimum atomic E-state index is -2.69. The molecule has 2 nitrogen and oxygen atoms in total. The molecule has 0 rings (SSSR count). The largest absolute Gasteiger partial charge is 0.337 e. The Morgan fingerprint density at radius 3 is 1.76 bits per heavy atom. The SMILES string of the molecule is CCCCCCCCC(C)OP(O)(=S)SC(C)CCCCCCCC. The Kier molecular flexibility index (Phi) is 17.7. The molecule has 0 bridgehead atoms. The predicted octanol–water partition coefficient (Wildman–Crippen LogP) is 8.23. The Hall–Kier alpha value is 0.920. The highest BCUT2D eigenvalue weighted by Crippen LogP contribution is 2.59. The monoisotopic (exact) mass is 410 g/mol. The van der Waals surface area contributed by atoms with Gasteiger partial charge in [0.25, 0.3) is 0 Å². The van der Waals surface area contributed by atoms with Crippen molar-refractivity contribution in [1.82, 2.24) is 0 Å². The van der Waals surface area contributed by atoms with Crippen LogP contribution in [0.15, 0.2) is 0 Å². The Morgan fingerprint density at radius 1 is 0.800 bits per heavy atom. The average Bonchev–Trinajstić information content (AvgIpc) is 2.53. The molecule has 152 valence electrons. The van der Waals surface area contributed by atoms with Crippen molar-refractivity contribution < 1.29 is 9.42 Å². The van der Waals surface area contributed by atoms with Crippen molar-refractivity contribution >= 4 is 28.9 Å². The van der Waals surface area contributed by atoms with E-state index in [9.17, 15) is 4.89 Å². The lowest BCUT2D eigenvalue weighted by Crippen LogP contribution is -2.06. The molecule has 1 N–H and O–H groups in total. The first-order chi connectivity index (χ1) is 11.9. The summed E-state index contributed by atoms with van der Waals surface area (Å²) in [5.74, 6) is 0. The third-order valence-electron chi connectivity index (χ3n) is 4.55. The summed E-state index contributed by atoms with van der Waals surface area (Å²) in [7, 11) is 0. The van der Waals surface area contributed by atoms with E-state index in [1.165, 1.54) is 88.4 Å². The molecule has 0 spiro atoms. The lowest BCUT2D eigenvalue weighted by molar-refractivity contribution is 0.212. The van der Waals surface area contributed by atoms with Crippen LogP contribution in [0.25, 0.3) is 0 Å². The topological polar surface area (TPSA) is 29.5 Å². The van der Waals surface area contributed by atoms with Crippen LogP contribution in [-0.2, 0) is 16.3 Å². The van der Waals surface area contributed by atoms with Crippen LogP contribution < -0.4 is 0 Å². The molecule has 0 aliphatic heterocycles. The first kappa shape index (κ1) is 25.9. The zero-order valence-electron chi connectivity index (χ0n) is 17.2. The van der Waals surface area contributed by atoms with E-state index >= 15 is 0 Å². The average molecular weight is 411 g/mol. The van der Waals surface area contributed by atoms with Crippen LogP contribution in [0.2, 0.25) is 0 Å². The van der Waals surface area contributed by atoms with Gasteiger partial charge in [0.15, 0.2) is 0 Å². The molecule has 0 saturated heterocycles. The second kappa shape index (κ2) is 17.0. The molecule has 0 saturated carbocycles. The maximum atomic E-state index is 10.5. The lowest BCUT2D eigenvalue weighted by atomic mass is 10.1. The molecule has 0 fully saturated rings. The van der Waals surface area contributed by atoms with Crippen molar-refractivity contribution in [2.24, 2.45) is 0 Å². The van der Waals surface area contributed by atoms with Gasteiger partial charge in [0.1, 0.15) is 0 Å². The van der Waals surface area contributed by atoms with Gasteiger partial charge in [-0.3, -0.25) is 0 Å². The molecule has 0 radical (unpaired) electrons. The summed E-state index contributed by atoms with van der Waals surface area (Å²) in [5, 5.41) is 0.392. The highest BCUT2D eigenvalue weighted by Gasteiger charge is 2.21. The predicted molar refractivity (Wildman–Crippen MR) is 120 cm³/mol. The van der Waals surface area contributed by atoms with Gasteiger partial charge < -0.3 is 9.42 Å². The first-order valence-electron chi connectivity index (χ1n) is 10.6. The summed E-state index contributed by atoms with van der Waals surface area (Å²) >= 11 is 6.88. The van der Waals surface area contributed by atoms with Crippen LogP contribution in [0.4, 0.5) is 0 Å². The minimum absolute atomic E-state index is 0.0794. The fourth-order valence-corrected chi connectivity index (χ4v) is 8.38. The normalized spacial score (nSPS) is 16.5. The Balaban J connectivity index is 3.77. The van der Waals surface area contributed by atoms with Crippen LogP contribution in [0, 0.1) is 0 Å². The van der Waals surface area contributed by atoms with Gasteiger partial charge in [0, 0.05) is 5.25 Å². The molecular weight excluding hydrogens is 367 g/mol. The summed E-state index contributed by atoms with van der Waals surface area (Å²) in [5.41, 5.74) is -2.69. The molecule has 0 heterocycles. The Morgan fingerprint density at radius 2 is 1.24 bits per heavy atom. The van der Waals surface area contributed by atoms with E-state index < -0.39 is 5.69 Å². The molecule has 3 unspecified atom stereocenters. The smallest absolute Gasteiger partial charge is 0.245 e. The van der Waals surface area contributed by atoms with Crippen LogP contribution in [-0.4, -0.2) is 16.2 Å². The van der Waals surface area contributed by atoms with E-state index in [2.05, 4.69) is 27.7 Å². The number of rotatable bonds is 18. The van der Waals surface area contributed by atoms with Gasteiger partial charge in [-0.25, -0.2) is 0 Å². The molecule has 0 aliphatic carbocycles. The molecule has 3 atom stereocenters. The summed E-state index contributed by atoms with van der Waals surface area (Å²) < 4.78 is 5.84. The van der Waals surface area contributed by atoms with Crippen molar-refractivity contribution in [3.63, 3.8) is 0 Å². The number of hydrogen-bond acceptors (Lipinski definition) is 3. The summed E-state index contributed by atoms with van der Waals surface area (Å²) in [6.45, 7) is 8.73. The minimum Gasteiger partial charge on any atom is -0.337 e. The second-order valence-corrected chi connectivity index (χ2v) is 13.9. The Bertz CT molecular complexity index is 312. The van der Waals surface area contributed by atoms with E-state index in [4.69, 9.17) is 16.3 Å². The highest BCUT2D eigenvalue weighted by atomic mass is 32.9. The second-order valence-electron chi connectivity index (χ2n) is 7.41. The summed E-state index contributed by atoms with van der Waals surface area (Å²) in [6.07, 6.45) is 17.8. The van der Waals surface area contributed by atoms with Crippen LogP contribution in [0.5, 0.6) is 0 Å². The maximum Gasteiger partial charge on any atom is 0.245 e. The van der Waals surface area contributed by atoms with Gasteiger partial charge in [-0.05, 0) is 31.6 Å². The first-order valence-corrected chi connectivity index (χ1v) is 14.8. The van der Waals surface area contributed by atoms with Crippen molar-refractivity contribution in [2.45, 2.75) is 129 Å². The van der Waals surface area contributed by atoms with Gasteiger partial charge in [0.05, 0.1) is 6.10 Å². The fourth-order valence-electron chi connectivity index (χ4n) is 3.01. The standard InChI is InChI=1S/C20H43O2PS2/c1-5-7-9-11-13-15-17-19(3)22-23(21,24)25-20(4)18-16-14-12-10-8-6-2/h19-20H,5-18H2,1-4H3,(H,21,24). The van der Waals surface area contributed by atoms with Crippen molar-refractivity contribution in [3.8, 4) is 0 Å². The Labute approximate surface area is 167 Å². The van der Waals surface area contributed by atoms with Gasteiger partial charge in [0.2, 0.25) is 5.69 Å². The van der Waals surface area contributed by atoms with Crippen LogP contribution in [0.1, 0.15) is 118 Å². The summed E-state index contributed by atoms with van der Waals surface area (Å²) in [6, 6.07) is 0. The molecular formula is C20H43O2PS2. The molecule has 25 heavy (non-hydrogen) atoms. The highest BCUT2D eigenvalue weighted by molar-refractivity contribution is 8.67. The number of unbranched alkanes of at least 4 members (excludes halogenated alkanes) is 10. The van der Waals surface area contributed by atoms with E-state index in [0.29, 0.717) is 5.25 Å². The zero-order valence-corrected chi connectivity index (χ0v) is 19.7. The van der Waals surface area contributed by atoms with Crippen molar-refractivity contribution in [3.05, 3.63) is 0 Å². The van der Waals surface area contributed by atoms with Gasteiger partial charge in [-0.1, -0.05) is 109 Å². The zero-order chi connectivity index (χ0) is 19.0. The van der Waals surface area contributed by atoms with Crippen molar-refractivity contribution in [1.29, 1.82) is 0 Å². The molecule has 5 heteroatoms. The lowest BCUT2D eigenvalue weighted by Gasteiger charge is -2.23. The van der Waals surface area contributed by atoms with E-state index in [1.54, 1.807) is 0 Å². The fraction of sp³-hybridized carbons (Fsp3) is 1.00. The third kappa shape index (κ3) is 18.1. The molecule has 0 aromatic rings. The molecule has 0 aromatic heterocycles. The summed E-state index contributed by atoms with van der Waals surface area (Å²) in [4.78, 5) is 10.5. The maximum absolute atomic E-state index is 10.5. The molecule has 0 amide bonds. The van der Waals surface area contributed by atoms with E-state index in [-0.39, 0.29) is 6.10 Å². The van der Waals surface area contributed by atoms with E-state index in [0.717, 1.165) is 12.8 Å². The van der Waals surface area contributed by atoms with Gasteiger partial charge in [-0.2, -0.15) is 0 Å². The van der Waals surface area contributed by atoms with Gasteiger partial charge >= 0.3 is 0 Å². The van der Waals surface area contributed by atoms with E-state index in [1.807, 2.05) is 0 Å². The molecule has 0 aliphatic rings. The third-order valence-corrected chi connectivity index (χ3v) is 9.21. The molecule has 0 aromatic carbocycles.